The molecule has 2 heterocycles. The summed E-state index contributed by atoms with van der Waals surface area (Å²) in [6, 6.07) is -4.13. The summed E-state index contributed by atoms with van der Waals surface area (Å²) in [4.78, 5) is 46.9. The van der Waals surface area contributed by atoms with Crippen LogP contribution in [-0.2, 0) is 33.4 Å². The Morgan fingerprint density at radius 1 is 0.818 bits per heavy atom. The first kappa shape index (κ1) is 26.8. The minimum absolute atomic E-state index is 0.630. The minimum Gasteiger partial charge on any atom is -0.479 e. The van der Waals surface area contributed by atoms with E-state index in [-0.39, 0.29) is 0 Å². The molecule has 0 bridgehead atoms. The van der Waals surface area contributed by atoms with E-state index < -0.39 is 91.5 Å². The third-order valence-electron chi connectivity index (χ3n) is 5.16. The molecule has 2 saturated heterocycles. The first-order chi connectivity index (χ1) is 15.4. The molecule has 2 aliphatic rings. The molecule has 15 nitrogen and oxygen atoms in total. The molecule has 33 heavy (non-hydrogen) atoms. The van der Waals surface area contributed by atoms with Crippen molar-refractivity contribution in [2.45, 2.75) is 82.0 Å². The topological polar surface area (TPSA) is 233 Å². The van der Waals surface area contributed by atoms with Crippen LogP contribution in [0.5, 0.6) is 0 Å². The van der Waals surface area contributed by atoms with Gasteiger partial charge in [-0.25, -0.2) is 4.79 Å². The minimum atomic E-state index is -1.89. The molecule has 3 amide bonds. The summed E-state index contributed by atoms with van der Waals surface area (Å²) in [5.41, 5.74) is 0. The second kappa shape index (κ2) is 11.1. The Bertz CT molecular complexity index is 751. The number of rotatable bonds is 7. The maximum atomic E-state index is 11.9. The van der Waals surface area contributed by atoms with Gasteiger partial charge in [-0.3, -0.25) is 14.4 Å². The fourth-order valence-corrected chi connectivity index (χ4v) is 3.78. The number of aliphatic carboxylic acids is 1. The van der Waals surface area contributed by atoms with E-state index in [0.29, 0.717) is 0 Å². The van der Waals surface area contributed by atoms with Crippen molar-refractivity contribution in [2.75, 3.05) is 6.61 Å². The first-order valence-electron chi connectivity index (χ1n) is 10.0. The summed E-state index contributed by atoms with van der Waals surface area (Å²) in [7, 11) is 0. The van der Waals surface area contributed by atoms with Gasteiger partial charge >= 0.3 is 5.97 Å². The average Bonchev–Trinajstić information content (AvgIpc) is 2.70. The van der Waals surface area contributed by atoms with E-state index in [4.69, 9.17) is 14.2 Å². The number of carbonyl (C=O) groups excluding carboxylic acids is 3. The van der Waals surface area contributed by atoms with Crippen molar-refractivity contribution in [1.29, 1.82) is 0 Å². The highest BCUT2D eigenvalue weighted by Gasteiger charge is 2.53. The number of hydrogen-bond acceptors (Lipinski definition) is 11. The van der Waals surface area contributed by atoms with Gasteiger partial charge in [0.2, 0.25) is 17.7 Å². The van der Waals surface area contributed by atoms with Gasteiger partial charge in [0, 0.05) is 20.8 Å². The maximum absolute atomic E-state index is 11.9. The molecule has 0 aromatic heterocycles. The van der Waals surface area contributed by atoms with E-state index in [9.17, 15) is 44.7 Å². The fraction of sp³-hybridized carbons (Fsp3) is 0.778. The predicted molar refractivity (Wildman–Crippen MR) is 104 cm³/mol. The molecule has 0 radical (unpaired) electrons. The molecule has 0 aromatic rings. The van der Waals surface area contributed by atoms with Crippen LogP contribution in [0.4, 0.5) is 0 Å². The second-order valence-electron chi connectivity index (χ2n) is 7.77. The highest BCUT2D eigenvalue weighted by atomic mass is 16.7. The molecule has 0 aromatic carbocycles. The van der Waals surface area contributed by atoms with Crippen LogP contribution in [0.15, 0.2) is 0 Å². The van der Waals surface area contributed by atoms with Crippen molar-refractivity contribution in [3.8, 4) is 0 Å². The molecule has 2 fully saturated rings. The van der Waals surface area contributed by atoms with Crippen LogP contribution >= 0.6 is 0 Å². The van der Waals surface area contributed by atoms with E-state index in [2.05, 4.69) is 16.0 Å². The number of ether oxygens (including phenoxy) is 3. The Morgan fingerprint density at radius 3 is 1.82 bits per heavy atom. The number of aliphatic hydroxyl groups excluding tert-OH is 4. The van der Waals surface area contributed by atoms with Crippen molar-refractivity contribution in [1.82, 2.24) is 16.0 Å². The van der Waals surface area contributed by atoms with Crippen LogP contribution in [0, 0.1) is 0 Å². The lowest BCUT2D eigenvalue weighted by Gasteiger charge is -2.48. The SMILES string of the molecule is CC(=O)N[C@@H]1[C@H](NC(C)=O)[C@H](O)O[C@H](C(=O)O)[C@H]1O[C@H]1O[C@H](CO)[C@@H](O)[C@H](O)[C@H]1NC(C)=O. The number of amides is 3. The van der Waals surface area contributed by atoms with Crippen LogP contribution < -0.4 is 16.0 Å². The quantitative estimate of drug-likeness (QED) is 0.172. The van der Waals surface area contributed by atoms with Gasteiger partial charge in [-0.2, -0.15) is 0 Å². The van der Waals surface area contributed by atoms with Gasteiger partial charge in [0.25, 0.3) is 0 Å². The molecule has 0 spiro atoms. The van der Waals surface area contributed by atoms with Crippen LogP contribution in [0.1, 0.15) is 20.8 Å². The largest absolute Gasteiger partial charge is 0.479 e. The smallest absolute Gasteiger partial charge is 0.335 e. The van der Waals surface area contributed by atoms with Crippen LogP contribution in [0.25, 0.3) is 0 Å². The summed E-state index contributed by atoms with van der Waals surface area (Å²) in [5, 5.41) is 57.0. The summed E-state index contributed by atoms with van der Waals surface area (Å²) in [6.45, 7) is 2.59. The average molecular weight is 479 g/mol. The monoisotopic (exact) mass is 479 g/mol. The number of aliphatic hydroxyl groups is 4. The molecule has 8 N–H and O–H groups in total. The lowest BCUT2D eigenvalue weighted by atomic mass is 9.92. The van der Waals surface area contributed by atoms with Gasteiger partial charge in [-0.15, -0.1) is 0 Å². The summed E-state index contributed by atoms with van der Waals surface area (Å²) in [6.07, 6.45) is -11.7. The highest BCUT2D eigenvalue weighted by molar-refractivity contribution is 5.77. The molecule has 10 atom stereocenters. The van der Waals surface area contributed by atoms with E-state index >= 15 is 0 Å². The van der Waals surface area contributed by atoms with E-state index in [0.717, 1.165) is 20.8 Å². The Labute approximate surface area is 188 Å². The number of carboxylic acid groups (broad SMARTS) is 1. The molecular weight excluding hydrogens is 450 g/mol. The molecule has 2 aliphatic heterocycles. The van der Waals surface area contributed by atoms with Crippen molar-refractivity contribution in [3.05, 3.63) is 0 Å². The lowest BCUT2D eigenvalue weighted by Crippen LogP contribution is -2.72. The Hall–Kier alpha value is -2.40. The van der Waals surface area contributed by atoms with Crippen LogP contribution in [0.2, 0.25) is 0 Å². The zero-order valence-corrected chi connectivity index (χ0v) is 18.1. The predicted octanol–water partition coefficient (Wildman–Crippen LogP) is -4.87. The molecular formula is C18H29N3O12. The van der Waals surface area contributed by atoms with E-state index in [1.807, 2.05) is 0 Å². The normalized spacial score (nSPS) is 38.8. The zero-order valence-electron chi connectivity index (χ0n) is 18.1. The van der Waals surface area contributed by atoms with Gasteiger partial charge in [0.15, 0.2) is 18.7 Å². The summed E-state index contributed by atoms with van der Waals surface area (Å²) >= 11 is 0. The third kappa shape index (κ3) is 6.35. The number of carboxylic acids is 1. The first-order valence-corrected chi connectivity index (χ1v) is 10.0. The standard InChI is InChI=1S/C18H29N3O12/c1-5(23)19-9-10(20-6(2)24)17(30)32-15(16(28)29)14(9)33-18-11(21-7(3)25)13(27)12(26)8(4-22)31-18/h8-15,17-18,22,26-27,30H,4H2,1-3H3,(H,19,23)(H,20,24)(H,21,25)(H,28,29)/t8-,9-,10+,11-,12-,13-,14+,15+,17-,18-/m1/s1. The third-order valence-corrected chi connectivity index (χ3v) is 5.16. The van der Waals surface area contributed by atoms with Crippen LogP contribution in [0.3, 0.4) is 0 Å². The summed E-state index contributed by atoms with van der Waals surface area (Å²) in [5.74, 6) is -3.53. The lowest BCUT2D eigenvalue weighted by molar-refractivity contribution is -0.311. The van der Waals surface area contributed by atoms with E-state index in [1.54, 1.807) is 0 Å². The van der Waals surface area contributed by atoms with Crippen molar-refractivity contribution < 1.29 is 58.9 Å². The van der Waals surface area contributed by atoms with E-state index in [1.165, 1.54) is 0 Å². The number of nitrogens with one attached hydrogen (secondary N) is 3. The van der Waals surface area contributed by atoms with Gasteiger partial charge in [-0.1, -0.05) is 0 Å². The van der Waals surface area contributed by atoms with Crippen LogP contribution in [-0.4, -0.2) is 117 Å². The highest BCUT2D eigenvalue weighted by Crippen LogP contribution is 2.29. The fourth-order valence-electron chi connectivity index (χ4n) is 3.78. The van der Waals surface area contributed by atoms with Crippen molar-refractivity contribution in [2.24, 2.45) is 0 Å². The molecule has 0 aliphatic carbocycles. The molecule has 188 valence electrons. The molecule has 15 heteroatoms. The molecule has 2 rings (SSSR count). The van der Waals surface area contributed by atoms with Gasteiger partial charge in [-0.05, 0) is 0 Å². The molecule has 0 saturated carbocycles. The van der Waals surface area contributed by atoms with Crippen molar-refractivity contribution >= 4 is 23.7 Å². The summed E-state index contributed by atoms with van der Waals surface area (Å²) < 4.78 is 16.3. The maximum Gasteiger partial charge on any atom is 0.335 e. The number of hydrogen-bond donors (Lipinski definition) is 8. The second-order valence-corrected chi connectivity index (χ2v) is 7.77. The van der Waals surface area contributed by atoms with Gasteiger partial charge in [0.1, 0.15) is 36.5 Å². The van der Waals surface area contributed by atoms with Crippen molar-refractivity contribution in [3.63, 3.8) is 0 Å². The number of carbonyl (C=O) groups is 4. The Balaban J connectivity index is 2.46. The Kier molecular flexibility index (Phi) is 9.07. The van der Waals surface area contributed by atoms with Gasteiger partial charge < -0.3 is 55.7 Å². The molecule has 0 unspecified atom stereocenters. The Morgan fingerprint density at radius 2 is 1.33 bits per heavy atom. The zero-order chi connectivity index (χ0) is 25.0. The van der Waals surface area contributed by atoms with Gasteiger partial charge in [0.05, 0.1) is 12.6 Å².